The zero-order chi connectivity index (χ0) is 21.6. The van der Waals surface area contributed by atoms with Crippen LogP contribution in [-0.4, -0.2) is 23.8 Å². The Bertz CT molecular complexity index is 1030. The molecule has 0 bridgehead atoms. The van der Waals surface area contributed by atoms with E-state index in [1.165, 1.54) is 18.0 Å². The van der Waals surface area contributed by atoms with E-state index in [0.29, 0.717) is 5.56 Å². The molecule has 0 aromatic heterocycles. The molecule has 1 aliphatic heterocycles. The number of nitriles is 1. The molecule has 0 spiro atoms. The van der Waals surface area contributed by atoms with Gasteiger partial charge in [-0.3, -0.25) is 15.1 Å². The van der Waals surface area contributed by atoms with E-state index < -0.39 is 28.5 Å². The fourth-order valence-electron chi connectivity index (χ4n) is 3.72. The van der Waals surface area contributed by atoms with Crippen LogP contribution in [0.25, 0.3) is 0 Å². The van der Waals surface area contributed by atoms with Gasteiger partial charge in [0.25, 0.3) is 0 Å². The number of amides is 1. The van der Waals surface area contributed by atoms with Crippen molar-refractivity contribution in [3.8, 4) is 6.07 Å². The first-order chi connectivity index (χ1) is 13.5. The standard InChI is InChI=1S/C22H22F2N4O/c1-21(2,12-25)14-7-5-13(6-8-14)18-19(29)28(4)20(26)27-22(18,3)16-10-9-15(23)11-17(16)24/h5-11,18H,1-4H3,(H2,26,27)/t18-,22-/m1/s1. The molecule has 0 unspecified atom stereocenters. The van der Waals surface area contributed by atoms with Gasteiger partial charge < -0.3 is 5.32 Å². The molecule has 7 heteroatoms. The Hall–Kier alpha value is -3.27. The lowest BCUT2D eigenvalue weighted by Gasteiger charge is -2.46. The number of halogens is 2. The summed E-state index contributed by atoms with van der Waals surface area (Å²) < 4.78 is 28.1. The van der Waals surface area contributed by atoms with E-state index >= 15 is 0 Å². The van der Waals surface area contributed by atoms with Gasteiger partial charge >= 0.3 is 0 Å². The van der Waals surface area contributed by atoms with Crippen LogP contribution in [0.3, 0.4) is 0 Å². The number of benzene rings is 2. The van der Waals surface area contributed by atoms with Gasteiger partial charge in [0.1, 0.15) is 11.6 Å². The van der Waals surface area contributed by atoms with E-state index in [-0.39, 0.29) is 17.4 Å². The van der Waals surface area contributed by atoms with Crippen LogP contribution in [-0.2, 0) is 15.7 Å². The van der Waals surface area contributed by atoms with Crippen molar-refractivity contribution in [3.05, 3.63) is 70.8 Å². The summed E-state index contributed by atoms with van der Waals surface area (Å²) in [5, 5.41) is 20.4. The number of nitrogens with one attached hydrogen (secondary N) is 2. The van der Waals surface area contributed by atoms with E-state index in [0.717, 1.165) is 17.7 Å². The molecule has 5 nitrogen and oxygen atoms in total. The zero-order valence-corrected chi connectivity index (χ0v) is 16.7. The summed E-state index contributed by atoms with van der Waals surface area (Å²) in [6.45, 7) is 5.21. The maximum absolute atomic E-state index is 14.7. The molecule has 1 heterocycles. The van der Waals surface area contributed by atoms with Crippen LogP contribution < -0.4 is 5.32 Å². The lowest BCUT2D eigenvalue weighted by Crippen LogP contribution is -2.62. The van der Waals surface area contributed by atoms with E-state index in [9.17, 15) is 18.8 Å². The number of nitrogens with zero attached hydrogens (tertiary/aromatic N) is 2. The van der Waals surface area contributed by atoms with Crippen molar-refractivity contribution in [3.63, 3.8) is 0 Å². The highest BCUT2D eigenvalue weighted by Gasteiger charge is 2.49. The van der Waals surface area contributed by atoms with Crippen molar-refractivity contribution in [2.75, 3.05) is 7.05 Å². The molecule has 1 amide bonds. The smallest absolute Gasteiger partial charge is 0.239 e. The van der Waals surface area contributed by atoms with Crippen LogP contribution in [0, 0.1) is 28.4 Å². The summed E-state index contributed by atoms with van der Waals surface area (Å²) in [6, 6.07) is 12.4. The van der Waals surface area contributed by atoms with Crippen molar-refractivity contribution < 1.29 is 13.6 Å². The van der Waals surface area contributed by atoms with Gasteiger partial charge in [-0.15, -0.1) is 0 Å². The number of guanidine groups is 1. The summed E-state index contributed by atoms with van der Waals surface area (Å²) in [4.78, 5) is 14.3. The minimum absolute atomic E-state index is 0.0940. The minimum atomic E-state index is -1.30. The number of carbonyl (C=O) groups is 1. The van der Waals surface area contributed by atoms with Gasteiger partial charge in [-0.1, -0.05) is 30.3 Å². The summed E-state index contributed by atoms with van der Waals surface area (Å²) in [7, 11) is 1.47. The SMILES string of the molecule is CN1C(=N)N[C@](C)(c2ccc(F)cc2F)[C@H](c2ccc(C(C)(C)C#N)cc2)C1=O. The predicted molar refractivity (Wildman–Crippen MR) is 105 cm³/mol. The Labute approximate surface area is 168 Å². The molecule has 150 valence electrons. The van der Waals surface area contributed by atoms with Crippen LogP contribution in [0.5, 0.6) is 0 Å². The first kappa shape index (κ1) is 20.5. The number of rotatable bonds is 3. The molecule has 1 fully saturated rings. The number of hydrogen-bond donors (Lipinski definition) is 2. The van der Waals surface area contributed by atoms with E-state index in [2.05, 4.69) is 11.4 Å². The molecule has 29 heavy (non-hydrogen) atoms. The molecule has 2 aromatic rings. The average molecular weight is 396 g/mol. The Morgan fingerprint density at radius 1 is 1.21 bits per heavy atom. The van der Waals surface area contributed by atoms with Gasteiger partial charge in [-0.05, 0) is 38.0 Å². The number of carbonyl (C=O) groups excluding carboxylic acids is 1. The molecule has 0 radical (unpaired) electrons. The molecule has 2 aromatic carbocycles. The summed E-state index contributed by atoms with van der Waals surface area (Å²) in [5.74, 6) is -2.92. The second-order valence-corrected chi connectivity index (χ2v) is 7.99. The van der Waals surface area contributed by atoms with Crippen LogP contribution in [0.4, 0.5) is 8.78 Å². The minimum Gasteiger partial charge on any atom is -0.346 e. The van der Waals surface area contributed by atoms with Crippen LogP contribution in [0.1, 0.15) is 43.4 Å². The third-order valence-electron chi connectivity index (χ3n) is 5.60. The van der Waals surface area contributed by atoms with E-state index in [1.54, 1.807) is 45.0 Å². The van der Waals surface area contributed by atoms with Crippen molar-refractivity contribution >= 4 is 11.9 Å². The number of hydrogen-bond acceptors (Lipinski definition) is 3. The molecule has 3 rings (SSSR count). The Morgan fingerprint density at radius 2 is 1.83 bits per heavy atom. The van der Waals surface area contributed by atoms with Crippen molar-refractivity contribution in [2.24, 2.45) is 0 Å². The highest BCUT2D eigenvalue weighted by atomic mass is 19.1. The predicted octanol–water partition coefficient (Wildman–Crippen LogP) is 3.76. The van der Waals surface area contributed by atoms with Crippen molar-refractivity contribution in [2.45, 2.75) is 37.6 Å². The van der Waals surface area contributed by atoms with Gasteiger partial charge in [0, 0.05) is 18.7 Å². The summed E-state index contributed by atoms with van der Waals surface area (Å²) in [6.07, 6.45) is 0. The maximum atomic E-state index is 14.7. The molecule has 2 N–H and O–H groups in total. The second kappa shape index (κ2) is 6.96. The summed E-state index contributed by atoms with van der Waals surface area (Å²) >= 11 is 0. The topological polar surface area (TPSA) is 80.0 Å². The molecular formula is C22H22F2N4O. The quantitative estimate of drug-likeness (QED) is 0.829. The molecule has 0 saturated carbocycles. The second-order valence-electron chi connectivity index (χ2n) is 7.99. The Kier molecular flexibility index (Phi) is 4.91. The van der Waals surface area contributed by atoms with Crippen molar-refractivity contribution in [1.82, 2.24) is 10.2 Å². The third kappa shape index (κ3) is 3.35. The van der Waals surface area contributed by atoms with E-state index in [4.69, 9.17) is 5.41 Å². The molecule has 2 atom stereocenters. The first-order valence-corrected chi connectivity index (χ1v) is 9.13. The normalized spacial score (nSPS) is 22.2. The van der Waals surface area contributed by atoms with Crippen LogP contribution in [0.2, 0.25) is 0 Å². The molecule has 1 saturated heterocycles. The first-order valence-electron chi connectivity index (χ1n) is 9.13. The Balaban J connectivity index is 2.15. The van der Waals surface area contributed by atoms with E-state index in [1.807, 2.05) is 0 Å². The van der Waals surface area contributed by atoms with Crippen LogP contribution in [0.15, 0.2) is 42.5 Å². The fourth-order valence-corrected chi connectivity index (χ4v) is 3.72. The lowest BCUT2D eigenvalue weighted by atomic mass is 9.73. The van der Waals surface area contributed by atoms with Gasteiger partial charge in [0.2, 0.25) is 5.91 Å². The Morgan fingerprint density at radius 3 is 2.38 bits per heavy atom. The highest BCUT2D eigenvalue weighted by Crippen LogP contribution is 2.42. The third-order valence-corrected chi connectivity index (χ3v) is 5.60. The number of likely N-dealkylation sites (N-methyl/N-ethyl adjacent to an activating group) is 1. The maximum Gasteiger partial charge on any atom is 0.239 e. The zero-order valence-electron chi connectivity index (χ0n) is 16.7. The largest absolute Gasteiger partial charge is 0.346 e. The highest BCUT2D eigenvalue weighted by molar-refractivity contribution is 6.02. The molecular weight excluding hydrogens is 374 g/mol. The van der Waals surface area contributed by atoms with Gasteiger partial charge in [0.15, 0.2) is 5.96 Å². The molecule has 1 aliphatic rings. The van der Waals surface area contributed by atoms with Crippen LogP contribution >= 0.6 is 0 Å². The lowest BCUT2D eigenvalue weighted by molar-refractivity contribution is -0.131. The van der Waals surface area contributed by atoms with Crippen molar-refractivity contribution in [1.29, 1.82) is 10.7 Å². The van der Waals surface area contributed by atoms with Gasteiger partial charge in [-0.25, -0.2) is 8.78 Å². The van der Waals surface area contributed by atoms with Gasteiger partial charge in [-0.2, -0.15) is 5.26 Å². The monoisotopic (exact) mass is 396 g/mol. The average Bonchev–Trinajstić information content (AvgIpc) is 2.66. The fraction of sp³-hybridized carbons (Fsp3) is 0.318. The summed E-state index contributed by atoms with van der Waals surface area (Å²) in [5.41, 5.74) is -0.513. The van der Waals surface area contributed by atoms with Gasteiger partial charge in [0.05, 0.1) is 22.9 Å². The molecule has 0 aliphatic carbocycles.